The Bertz CT molecular complexity index is 1250. The number of aromatic nitrogens is 4. The number of benzene rings is 2. The smallest absolute Gasteiger partial charge is 0.322 e. The first-order valence-electron chi connectivity index (χ1n) is 9.67. The summed E-state index contributed by atoms with van der Waals surface area (Å²) in [4.78, 5) is 3.14. The third-order valence-electron chi connectivity index (χ3n) is 4.74. The number of nitrogens with one attached hydrogen (secondary N) is 2. The lowest BCUT2D eigenvalue weighted by atomic mass is 10.2. The van der Waals surface area contributed by atoms with Gasteiger partial charge in [-0.25, -0.2) is 13.1 Å². The number of sulfonamides is 1. The highest BCUT2D eigenvalue weighted by atomic mass is 32.2. The number of fused-ring (bicyclic) bond motifs is 1. The van der Waals surface area contributed by atoms with Gasteiger partial charge in [-0.3, -0.25) is 4.57 Å². The molecule has 4 rings (SSSR count). The van der Waals surface area contributed by atoms with Crippen LogP contribution in [0.25, 0.3) is 10.9 Å². The minimum absolute atomic E-state index is 0.0992. The maximum atomic E-state index is 12.6. The van der Waals surface area contributed by atoms with E-state index < -0.39 is 16.1 Å². The van der Waals surface area contributed by atoms with Crippen LogP contribution in [-0.2, 0) is 22.3 Å². The standard InChI is InChI=1S/C21H23N5O3S/c1-3-26-20(15(2)25-30(27,28)14-16-7-5-4-6-8-16)23-24-21(26)29-18-10-9-17-11-12-22-19(17)13-18/h4-13,15,22,25H,3,14H2,1-2H3/t15-/m1/s1. The van der Waals surface area contributed by atoms with Crippen LogP contribution >= 0.6 is 0 Å². The van der Waals surface area contributed by atoms with Gasteiger partial charge >= 0.3 is 6.01 Å². The highest BCUT2D eigenvalue weighted by Gasteiger charge is 2.23. The third-order valence-corrected chi connectivity index (χ3v) is 6.17. The Morgan fingerprint density at radius 3 is 2.70 bits per heavy atom. The van der Waals surface area contributed by atoms with Crippen LogP contribution in [0.4, 0.5) is 0 Å². The summed E-state index contributed by atoms with van der Waals surface area (Å²) in [6.45, 7) is 4.21. The minimum Gasteiger partial charge on any atom is -0.424 e. The normalized spacial score (nSPS) is 12.9. The van der Waals surface area contributed by atoms with E-state index in [0.717, 1.165) is 16.5 Å². The van der Waals surface area contributed by atoms with Crippen molar-refractivity contribution in [2.75, 3.05) is 0 Å². The first-order valence-corrected chi connectivity index (χ1v) is 11.3. The molecule has 2 aromatic carbocycles. The molecule has 8 nitrogen and oxygen atoms in total. The average molecular weight is 426 g/mol. The van der Waals surface area contributed by atoms with E-state index in [0.29, 0.717) is 24.1 Å². The molecule has 0 bridgehead atoms. The predicted octanol–water partition coefficient (Wildman–Crippen LogP) is 3.75. The fourth-order valence-corrected chi connectivity index (χ4v) is 4.70. The van der Waals surface area contributed by atoms with E-state index in [1.807, 2.05) is 55.6 Å². The summed E-state index contributed by atoms with van der Waals surface area (Å²) in [5, 5.41) is 9.40. The fraction of sp³-hybridized carbons (Fsp3) is 0.238. The first-order chi connectivity index (χ1) is 14.4. The minimum atomic E-state index is -3.55. The van der Waals surface area contributed by atoms with Gasteiger partial charge in [0.2, 0.25) is 10.0 Å². The molecular formula is C21H23N5O3S. The molecule has 0 aliphatic rings. The van der Waals surface area contributed by atoms with Crippen LogP contribution in [-0.4, -0.2) is 28.2 Å². The Morgan fingerprint density at radius 2 is 1.93 bits per heavy atom. The van der Waals surface area contributed by atoms with Crippen molar-refractivity contribution in [2.45, 2.75) is 32.2 Å². The number of hydrogen-bond acceptors (Lipinski definition) is 5. The molecule has 2 N–H and O–H groups in total. The SMILES string of the molecule is CCn1c(Oc2ccc3cc[nH]c3c2)nnc1[C@@H](C)NS(=O)(=O)Cc1ccccc1. The summed E-state index contributed by atoms with van der Waals surface area (Å²) in [5.41, 5.74) is 1.68. The quantitative estimate of drug-likeness (QED) is 0.448. The molecule has 9 heteroatoms. The maximum absolute atomic E-state index is 12.6. The predicted molar refractivity (Wildman–Crippen MR) is 115 cm³/mol. The van der Waals surface area contributed by atoms with Crippen LogP contribution in [0.3, 0.4) is 0 Å². The highest BCUT2D eigenvalue weighted by molar-refractivity contribution is 7.88. The summed E-state index contributed by atoms with van der Waals surface area (Å²) in [5.74, 6) is 1.01. The van der Waals surface area contributed by atoms with Crippen molar-refractivity contribution < 1.29 is 13.2 Å². The van der Waals surface area contributed by atoms with Crippen LogP contribution in [0, 0.1) is 0 Å². The lowest BCUT2D eigenvalue weighted by Crippen LogP contribution is -2.30. The molecule has 1 atom stereocenters. The Labute approximate surface area is 175 Å². The summed E-state index contributed by atoms with van der Waals surface area (Å²) in [6.07, 6.45) is 1.87. The Hall–Kier alpha value is -3.17. The number of aromatic amines is 1. The zero-order chi connectivity index (χ0) is 21.1. The first kappa shape index (κ1) is 20.1. The van der Waals surface area contributed by atoms with Gasteiger partial charge < -0.3 is 9.72 Å². The molecule has 0 unspecified atom stereocenters. The van der Waals surface area contributed by atoms with Crippen LogP contribution in [0.5, 0.6) is 11.8 Å². The number of hydrogen-bond donors (Lipinski definition) is 2. The van der Waals surface area contributed by atoms with Crippen molar-refractivity contribution in [3.05, 3.63) is 72.2 Å². The Balaban J connectivity index is 1.52. The van der Waals surface area contributed by atoms with E-state index in [4.69, 9.17) is 4.74 Å². The molecule has 2 aromatic heterocycles. The molecule has 0 spiro atoms. The molecule has 2 heterocycles. The van der Waals surface area contributed by atoms with Crippen molar-refractivity contribution in [1.29, 1.82) is 0 Å². The molecule has 0 aliphatic heterocycles. The molecule has 156 valence electrons. The van der Waals surface area contributed by atoms with Crippen LogP contribution in [0.1, 0.15) is 31.3 Å². The zero-order valence-corrected chi connectivity index (χ0v) is 17.6. The van der Waals surface area contributed by atoms with Gasteiger partial charge in [-0.05, 0) is 43.0 Å². The fourth-order valence-electron chi connectivity index (χ4n) is 3.35. The molecular weight excluding hydrogens is 402 g/mol. The number of rotatable bonds is 8. The Kier molecular flexibility index (Phi) is 5.56. The van der Waals surface area contributed by atoms with Crippen LogP contribution in [0.2, 0.25) is 0 Å². The summed E-state index contributed by atoms with van der Waals surface area (Å²) < 4.78 is 35.5. The molecule has 0 aliphatic carbocycles. The van der Waals surface area contributed by atoms with E-state index >= 15 is 0 Å². The monoisotopic (exact) mass is 425 g/mol. The van der Waals surface area contributed by atoms with E-state index in [9.17, 15) is 8.42 Å². The topological polar surface area (TPSA) is 102 Å². The molecule has 0 fully saturated rings. The van der Waals surface area contributed by atoms with Gasteiger partial charge in [0.15, 0.2) is 5.82 Å². The molecule has 0 radical (unpaired) electrons. The molecule has 0 amide bonds. The van der Waals surface area contributed by atoms with E-state index in [-0.39, 0.29) is 5.75 Å². The second kappa shape index (κ2) is 8.29. The summed E-state index contributed by atoms with van der Waals surface area (Å²) in [7, 11) is -3.55. The molecule has 0 saturated heterocycles. The van der Waals surface area contributed by atoms with Crippen molar-refractivity contribution in [2.24, 2.45) is 0 Å². The van der Waals surface area contributed by atoms with Crippen molar-refractivity contribution >= 4 is 20.9 Å². The van der Waals surface area contributed by atoms with Gasteiger partial charge in [-0.2, -0.15) is 0 Å². The lowest BCUT2D eigenvalue weighted by Gasteiger charge is -2.15. The second-order valence-electron chi connectivity index (χ2n) is 7.00. The van der Waals surface area contributed by atoms with Gasteiger partial charge in [-0.1, -0.05) is 35.4 Å². The van der Waals surface area contributed by atoms with E-state index in [2.05, 4.69) is 19.9 Å². The maximum Gasteiger partial charge on any atom is 0.322 e. The number of ether oxygens (including phenoxy) is 1. The molecule has 30 heavy (non-hydrogen) atoms. The largest absolute Gasteiger partial charge is 0.424 e. The Morgan fingerprint density at radius 1 is 1.13 bits per heavy atom. The molecule has 0 saturated carbocycles. The number of H-pyrrole nitrogens is 1. The number of nitrogens with zero attached hydrogens (tertiary/aromatic N) is 3. The van der Waals surface area contributed by atoms with Gasteiger partial charge in [-0.15, -0.1) is 5.10 Å². The van der Waals surface area contributed by atoms with E-state index in [1.54, 1.807) is 23.6 Å². The van der Waals surface area contributed by atoms with Gasteiger partial charge in [0.1, 0.15) is 5.75 Å². The van der Waals surface area contributed by atoms with Crippen molar-refractivity contribution in [1.82, 2.24) is 24.5 Å². The molecule has 4 aromatic rings. The average Bonchev–Trinajstić information content (AvgIpc) is 3.34. The zero-order valence-electron chi connectivity index (χ0n) is 16.7. The summed E-state index contributed by atoms with van der Waals surface area (Å²) in [6, 6.07) is 16.5. The van der Waals surface area contributed by atoms with Crippen LogP contribution < -0.4 is 9.46 Å². The van der Waals surface area contributed by atoms with Crippen molar-refractivity contribution in [3.8, 4) is 11.8 Å². The van der Waals surface area contributed by atoms with Crippen LogP contribution in [0.15, 0.2) is 60.8 Å². The summed E-state index contributed by atoms with van der Waals surface area (Å²) >= 11 is 0. The van der Waals surface area contributed by atoms with Gasteiger partial charge in [0.05, 0.1) is 11.8 Å². The highest BCUT2D eigenvalue weighted by Crippen LogP contribution is 2.26. The third kappa shape index (κ3) is 4.37. The van der Waals surface area contributed by atoms with Crippen molar-refractivity contribution in [3.63, 3.8) is 0 Å². The van der Waals surface area contributed by atoms with Gasteiger partial charge in [0.25, 0.3) is 0 Å². The second-order valence-corrected chi connectivity index (χ2v) is 8.75. The van der Waals surface area contributed by atoms with Gasteiger partial charge in [0, 0.05) is 24.3 Å². The lowest BCUT2D eigenvalue weighted by molar-refractivity contribution is 0.408. The van der Waals surface area contributed by atoms with E-state index in [1.165, 1.54) is 0 Å².